The molecule has 1 saturated heterocycles. The van der Waals surface area contributed by atoms with E-state index < -0.39 is 0 Å². The number of benzene rings is 2. The van der Waals surface area contributed by atoms with Crippen LogP contribution in [0.4, 0.5) is 0 Å². The fourth-order valence-corrected chi connectivity index (χ4v) is 4.81. The average molecular weight is 457 g/mol. The maximum atomic E-state index is 13.2. The number of hydrogen-bond acceptors (Lipinski definition) is 4. The number of rotatable bonds is 8. The molecule has 0 saturated carbocycles. The number of nitrogens with one attached hydrogen (secondary N) is 2. The largest absolute Gasteiger partial charge is 0.341 e. The summed E-state index contributed by atoms with van der Waals surface area (Å²) in [5.74, 6) is 1.12. The zero-order valence-corrected chi connectivity index (χ0v) is 19.7. The molecule has 3 heterocycles. The average Bonchev–Trinajstić information content (AvgIpc) is 3.59. The highest BCUT2D eigenvalue weighted by Crippen LogP contribution is 2.29. The molecule has 2 aromatic carbocycles. The summed E-state index contributed by atoms with van der Waals surface area (Å²) in [5.41, 5.74) is 2.06. The summed E-state index contributed by atoms with van der Waals surface area (Å²) in [6.07, 6.45) is 10.1. The molecule has 0 bridgehead atoms. The lowest BCUT2D eigenvalue weighted by atomic mass is 10.1. The molecule has 5 rings (SSSR count). The number of nitrogens with zero attached hydrogens (tertiary/aromatic N) is 4. The van der Waals surface area contributed by atoms with Crippen LogP contribution in [-0.4, -0.2) is 61.8 Å². The van der Waals surface area contributed by atoms with Crippen molar-refractivity contribution in [1.82, 2.24) is 29.7 Å². The summed E-state index contributed by atoms with van der Waals surface area (Å²) in [6, 6.07) is 14.6. The molecular weight excluding hydrogens is 424 g/mol. The molecule has 1 amide bonds. The van der Waals surface area contributed by atoms with Gasteiger partial charge in [0.25, 0.3) is 5.91 Å². The topological polar surface area (TPSA) is 80.9 Å². The van der Waals surface area contributed by atoms with Crippen LogP contribution in [0.1, 0.15) is 55.1 Å². The van der Waals surface area contributed by atoms with E-state index in [2.05, 4.69) is 69.2 Å². The zero-order valence-electron chi connectivity index (χ0n) is 19.7. The smallest absolute Gasteiger partial charge is 0.290 e. The van der Waals surface area contributed by atoms with Crippen LogP contribution < -0.4 is 0 Å². The number of carbonyl (C=O) groups is 1. The van der Waals surface area contributed by atoms with Crippen LogP contribution in [0.15, 0.2) is 61.1 Å². The SMILES string of the molecule is CCCCCCN1CCN(C(=O)c2ncc[nH]2)C(c2ncc(-c3ccc4ccccc4c3)[nH]2)C1. The molecule has 2 N–H and O–H groups in total. The number of unbranched alkanes of at least 4 members (excludes halogenated alkanes) is 3. The molecule has 34 heavy (non-hydrogen) atoms. The van der Waals surface area contributed by atoms with Gasteiger partial charge in [-0.1, -0.05) is 62.6 Å². The highest BCUT2D eigenvalue weighted by molar-refractivity contribution is 5.91. The van der Waals surface area contributed by atoms with Gasteiger partial charge in [0.05, 0.1) is 11.9 Å². The van der Waals surface area contributed by atoms with Crippen LogP contribution >= 0.6 is 0 Å². The van der Waals surface area contributed by atoms with Crippen LogP contribution in [0.25, 0.3) is 22.0 Å². The third-order valence-corrected chi connectivity index (χ3v) is 6.73. The van der Waals surface area contributed by atoms with Crippen molar-refractivity contribution >= 4 is 16.7 Å². The summed E-state index contributed by atoms with van der Waals surface area (Å²) < 4.78 is 0. The lowest BCUT2D eigenvalue weighted by Crippen LogP contribution is -2.51. The lowest BCUT2D eigenvalue weighted by Gasteiger charge is -2.40. The van der Waals surface area contributed by atoms with Gasteiger partial charge in [0.1, 0.15) is 11.9 Å². The monoisotopic (exact) mass is 456 g/mol. The van der Waals surface area contributed by atoms with Crippen LogP contribution in [0.3, 0.4) is 0 Å². The van der Waals surface area contributed by atoms with Gasteiger partial charge in [0.15, 0.2) is 5.82 Å². The van der Waals surface area contributed by atoms with Gasteiger partial charge in [0, 0.05) is 37.6 Å². The summed E-state index contributed by atoms with van der Waals surface area (Å²) in [4.78, 5) is 33.1. The van der Waals surface area contributed by atoms with Crippen molar-refractivity contribution in [3.05, 3.63) is 72.7 Å². The predicted molar refractivity (Wildman–Crippen MR) is 134 cm³/mol. The standard InChI is InChI=1S/C27H32N6O/c1-2-3-4-7-14-32-15-16-33(27(34)26-28-12-13-29-26)24(19-32)25-30-18-23(31-25)22-11-10-20-8-5-6-9-21(20)17-22/h5-6,8-13,17-18,24H,2-4,7,14-16,19H2,1H3,(H,28,29)(H,30,31). The molecule has 1 aliphatic rings. The molecule has 176 valence electrons. The van der Waals surface area contributed by atoms with Crippen LogP contribution in [0.5, 0.6) is 0 Å². The van der Waals surface area contributed by atoms with Crippen LogP contribution in [0, 0.1) is 0 Å². The van der Waals surface area contributed by atoms with E-state index in [0.29, 0.717) is 12.4 Å². The van der Waals surface area contributed by atoms with E-state index in [1.807, 2.05) is 11.1 Å². The van der Waals surface area contributed by atoms with Crippen molar-refractivity contribution in [3.8, 4) is 11.3 Å². The van der Waals surface area contributed by atoms with Crippen LogP contribution in [0.2, 0.25) is 0 Å². The normalized spacial score (nSPS) is 16.9. The van der Waals surface area contributed by atoms with E-state index in [0.717, 1.165) is 36.7 Å². The van der Waals surface area contributed by atoms with Gasteiger partial charge in [-0.3, -0.25) is 9.69 Å². The lowest BCUT2D eigenvalue weighted by molar-refractivity contribution is 0.0420. The number of carbonyl (C=O) groups excluding carboxylic acids is 1. The Labute approximate surface area is 200 Å². The number of fused-ring (bicyclic) bond motifs is 1. The Balaban J connectivity index is 1.39. The molecule has 0 spiro atoms. The molecule has 0 aliphatic carbocycles. The van der Waals surface area contributed by atoms with Crippen LogP contribution in [-0.2, 0) is 0 Å². The molecular formula is C27H32N6O. The first-order valence-electron chi connectivity index (χ1n) is 12.3. The molecule has 4 aromatic rings. The van der Waals surface area contributed by atoms with Gasteiger partial charge in [0.2, 0.25) is 0 Å². The van der Waals surface area contributed by atoms with Gasteiger partial charge in [-0.15, -0.1) is 0 Å². The van der Waals surface area contributed by atoms with E-state index in [4.69, 9.17) is 4.98 Å². The summed E-state index contributed by atoms with van der Waals surface area (Å²) in [7, 11) is 0. The first-order chi connectivity index (χ1) is 16.7. The third kappa shape index (κ3) is 4.75. The first kappa shape index (κ1) is 22.3. The molecule has 1 fully saturated rings. The van der Waals surface area contributed by atoms with Crippen molar-refractivity contribution in [1.29, 1.82) is 0 Å². The number of amides is 1. The highest BCUT2D eigenvalue weighted by atomic mass is 16.2. The minimum Gasteiger partial charge on any atom is -0.341 e. The van der Waals surface area contributed by atoms with E-state index in [9.17, 15) is 4.79 Å². The van der Waals surface area contributed by atoms with Crippen molar-refractivity contribution in [2.45, 2.75) is 38.6 Å². The fraction of sp³-hybridized carbons (Fsp3) is 0.370. The Kier molecular flexibility index (Phi) is 6.72. The predicted octanol–water partition coefficient (Wildman–Crippen LogP) is 5.03. The van der Waals surface area contributed by atoms with Crippen molar-refractivity contribution in [3.63, 3.8) is 0 Å². The van der Waals surface area contributed by atoms with Gasteiger partial charge < -0.3 is 14.9 Å². The Morgan fingerprint density at radius 1 is 1.06 bits per heavy atom. The highest BCUT2D eigenvalue weighted by Gasteiger charge is 2.34. The quantitative estimate of drug-likeness (QED) is 0.364. The maximum Gasteiger partial charge on any atom is 0.290 e. The van der Waals surface area contributed by atoms with Gasteiger partial charge in [-0.05, 0) is 29.8 Å². The maximum absolute atomic E-state index is 13.2. The fourth-order valence-electron chi connectivity index (χ4n) is 4.81. The zero-order chi connectivity index (χ0) is 23.3. The summed E-state index contributed by atoms with van der Waals surface area (Å²) >= 11 is 0. The minimum atomic E-state index is -0.147. The molecule has 1 unspecified atom stereocenters. The summed E-state index contributed by atoms with van der Waals surface area (Å²) in [5, 5.41) is 2.41. The number of piperazine rings is 1. The number of aromatic nitrogens is 4. The Morgan fingerprint density at radius 2 is 1.94 bits per heavy atom. The second-order valence-corrected chi connectivity index (χ2v) is 9.06. The number of H-pyrrole nitrogens is 2. The Morgan fingerprint density at radius 3 is 2.76 bits per heavy atom. The van der Waals surface area contributed by atoms with E-state index in [1.54, 1.807) is 12.4 Å². The van der Waals surface area contributed by atoms with Gasteiger partial charge in [-0.2, -0.15) is 0 Å². The van der Waals surface area contributed by atoms with Gasteiger partial charge >= 0.3 is 0 Å². The van der Waals surface area contributed by atoms with Gasteiger partial charge in [-0.25, -0.2) is 9.97 Å². The van der Waals surface area contributed by atoms with Crippen molar-refractivity contribution in [2.75, 3.05) is 26.2 Å². The molecule has 1 aliphatic heterocycles. The third-order valence-electron chi connectivity index (χ3n) is 6.73. The molecule has 2 aromatic heterocycles. The van der Waals surface area contributed by atoms with Crippen molar-refractivity contribution < 1.29 is 4.79 Å². The second-order valence-electron chi connectivity index (χ2n) is 9.06. The second kappa shape index (κ2) is 10.2. The molecule has 0 radical (unpaired) electrons. The minimum absolute atomic E-state index is 0.0794. The first-order valence-corrected chi connectivity index (χ1v) is 12.3. The van der Waals surface area contributed by atoms with E-state index in [-0.39, 0.29) is 11.9 Å². The number of aromatic amines is 2. The summed E-state index contributed by atoms with van der Waals surface area (Å²) in [6.45, 7) is 5.58. The number of hydrogen-bond donors (Lipinski definition) is 2. The van der Waals surface area contributed by atoms with E-state index >= 15 is 0 Å². The molecule has 7 nitrogen and oxygen atoms in total. The Hall–Kier alpha value is -3.45. The molecule has 7 heteroatoms. The number of imidazole rings is 2. The van der Waals surface area contributed by atoms with E-state index in [1.165, 1.54) is 36.5 Å². The Bertz CT molecular complexity index is 1230. The molecule has 1 atom stereocenters. The van der Waals surface area contributed by atoms with Crippen molar-refractivity contribution in [2.24, 2.45) is 0 Å².